The molecule has 1 saturated heterocycles. The number of anilines is 1. The van der Waals surface area contributed by atoms with Crippen LogP contribution in [0.4, 0.5) is 5.69 Å². The van der Waals surface area contributed by atoms with E-state index in [0.29, 0.717) is 10.6 Å². The summed E-state index contributed by atoms with van der Waals surface area (Å²) in [6.07, 6.45) is 1.01. The fraction of sp³-hybridized carbons (Fsp3) is 0.438. The van der Waals surface area contributed by atoms with Crippen molar-refractivity contribution in [3.05, 3.63) is 29.1 Å². The Bertz CT molecular complexity index is 667. The van der Waals surface area contributed by atoms with Crippen LogP contribution in [0.3, 0.4) is 0 Å². The predicted molar refractivity (Wildman–Crippen MR) is 88.8 cm³/mol. The fourth-order valence-electron chi connectivity index (χ4n) is 3.03. The number of fused-ring (bicyclic) bond motifs is 1. The zero-order valence-electron chi connectivity index (χ0n) is 12.5. The molecule has 2 N–H and O–H groups in total. The third-order valence-electron chi connectivity index (χ3n) is 4.14. The van der Waals surface area contributed by atoms with Crippen LogP contribution >= 0.6 is 11.3 Å². The SMILES string of the molecule is CC1CN(C)CCCN1C(=O)c1sc2ccccc2c1N. The van der Waals surface area contributed by atoms with Crippen molar-refractivity contribution in [2.75, 3.05) is 32.4 Å². The maximum absolute atomic E-state index is 12.9. The highest BCUT2D eigenvalue weighted by Crippen LogP contribution is 2.34. The number of hydrogen-bond donors (Lipinski definition) is 1. The molecule has 0 spiro atoms. The van der Waals surface area contributed by atoms with Gasteiger partial charge in [-0.2, -0.15) is 0 Å². The fourth-order valence-corrected chi connectivity index (χ4v) is 4.11. The minimum absolute atomic E-state index is 0.0801. The molecule has 1 aliphatic rings. The Balaban J connectivity index is 1.94. The molecule has 5 heteroatoms. The zero-order valence-corrected chi connectivity index (χ0v) is 13.3. The molecule has 0 aliphatic carbocycles. The second-order valence-corrected chi connectivity index (χ2v) is 6.86. The number of thiophene rings is 1. The van der Waals surface area contributed by atoms with Gasteiger partial charge in [0, 0.05) is 29.2 Å². The van der Waals surface area contributed by atoms with E-state index in [-0.39, 0.29) is 11.9 Å². The quantitative estimate of drug-likeness (QED) is 0.881. The molecule has 1 fully saturated rings. The van der Waals surface area contributed by atoms with Gasteiger partial charge in [0.25, 0.3) is 5.91 Å². The number of likely N-dealkylation sites (N-methyl/N-ethyl adjacent to an activating group) is 1. The van der Waals surface area contributed by atoms with Crippen molar-refractivity contribution in [2.24, 2.45) is 0 Å². The van der Waals surface area contributed by atoms with E-state index in [1.165, 1.54) is 11.3 Å². The molecule has 1 aliphatic heterocycles. The van der Waals surface area contributed by atoms with Gasteiger partial charge >= 0.3 is 0 Å². The highest BCUT2D eigenvalue weighted by molar-refractivity contribution is 7.21. The first-order valence-corrected chi connectivity index (χ1v) is 8.16. The lowest BCUT2D eigenvalue weighted by atomic mass is 10.2. The van der Waals surface area contributed by atoms with E-state index in [4.69, 9.17) is 5.73 Å². The Morgan fingerprint density at radius 1 is 1.33 bits per heavy atom. The molecule has 2 heterocycles. The highest BCUT2D eigenvalue weighted by atomic mass is 32.1. The van der Waals surface area contributed by atoms with Crippen molar-refractivity contribution in [2.45, 2.75) is 19.4 Å². The molecule has 21 heavy (non-hydrogen) atoms. The van der Waals surface area contributed by atoms with Gasteiger partial charge in [0.2, 0.25) is 0 Å². The Labute approximate surface area is 129 Å². The summed E-state index contributed by atoms with van der Waals surface area (Å²) < 4.78 is 1.08. The third kappa shape index (κ3) is 2.63. The largest absolute Gasteiger partial charge is 0.397 e. The summed E-state index contributed by atoms with van der Waals surface area (Å²) in [5.41, 5.74) is 6.84. The first-order chi connectivity index (χ1) is 10.1. The molecule has 112 valence electrons. The van der Waals surface area contributed by atoms with Crippen LogP contribution in [0, 0.1) is 0 Å². The topological polar surface area (TPSA) is 49.6 Å². The number of rotatable bonds is 1. The second-order valence-electron chi connectivity index (χ2n) is 5.80. The maximum Gasteiger partial charge on any atom is 0.266 e. The molecule has 2 aromatic rings. The molecule has 1 amide bonds. The van der Waals surface area contributed by atoms with Gasteiger partial charge in [-0.1, -0.05) is 18.2 Å². The van der Waals surface area contributed by atoms with Crippen LogP contribution < -0.4 is 5.73 Å². The number of hydrogen-bond acceptors (Lipinski definition) is 4. The standard InChI is InChI=1S/C16H21N3OS/c1-11-10-18(2)8-5-9-19(11)16(20)15-14(17)12-6-3-4-7-13(12)21-15/h3-4,6-7,11H,5,8-10,17H2,1-2H3. The van der Waals surface area contributed by atoms with Gasteiger partial charge in [0.15, 0.2) is 0 Å². The molecule has 1 unspecified atom stereocenters. The lowest BCUT2D eigenvalue weighted by Gasteiger charge is -2.27. The normalized spacial score (nSPS) is 20.7. The number of nitrogens with two attached hydrogens (primary N) is 1. The van der Waals surface area contributed by atoms with Crippen LogP contribution in [-0.4, -0.2) is 48.4 Å². The summed E-state index contributed by atoms with van der Waals surface area (Å²) in [7, 11) is 2.11. The molecule has 0 radical (unpaired) electrons. The van der Waals surface area contributed by atoms with Crippen LogP contribution in [-0.2, 0) is 0 Å². The van der Waals surface area contributed by atoms with E-state index in [1.54, 1.807) is 0 Å². The molecule has 1 aromatic heterocycles. The van der Waals surface area contributed by atoms with E-state index in [1.807, 2.05) is 29.2 Å². The maximum atomic E-state index is 12.9. The van der Waals surface area contributed by atoms with Crippen LogP contribution in [0.2, 0.25) is 0 Å². The third-order valence-corrected chi connectivity index (χ3v) is 5.31. The predicted octanol–water partition coefficient (Wildman–Crippen LogP) is 2.65. The summed E-state index contributed by atoms with van der Waals surface area (Å²) >= 11 is 1.51. The summed E-state index contributed by atoms with van der Waals surface area (Å²) in [6.45, 7) is 4.87. The summed E-state index contributed by atoms with van der Waals surface area (Å²) in [6, 6.07) is 8.17. The van der Waals surface area contributed by atoms with Crippen LogP contribution in [0.15, 0.2) is 24.3 Å². The van der Waals surface area contributed by atoms with Crippen molar-refractivity contribution in [3.8, 4) is 0 Å². The smallest absolute Gasteiger partial charge is 0.266 e. The number of carbonyl (C=O) groups is 1. The first kappa shape index (κ1) is 14.4. The molecule has 1 atom stereocenters. The average Bonchev–Trinajstić information content (AvgIpc) is 2.70. The summed E-state index contributed by atoms with van der Waals surface area (Å²) in [4.78, 5) is 17.8. The van der Waals surface area contributed by atoms with Crippen LogP contribution in [0.1, 0.15) is 23.0 Å². The Morgan fingerprint density at radius 3 is 2.86 bits per heavy atom. The van der Waals surface area contributed by atoms with E-state index < -0.39 is 0 Å². The molecule has 4 nitrogen and oxygen atoms in total. The van der Waals surface area contributed by atoms with E-state index in [2.05, 4.69) is 18.9 Å². The molecule has 3 rings (SSSR count). The van der Waals surface area contributed by atoms with Gasteiger partial charge < -0.3 is 15.5 Å². The van der Waals surface area contributed by atoms with Crippen molar-refractivity contribution < 1.29 is 4.79 Å². The highest BCUT2D eigenvalue weighted by Gasteiger charge is 2.27. The molecule has 1 aromatic carbocycles. The summed E-state index contributed by atoms with van der Waals surface area (Å²) in [5, 5.41) is 0.991. The van der Waals surface area contributed by atoms with E-state index in [9.17, 15) is 4.79 Å². The number of nitrogens with zero attached hydrogens (tertiary/aromatic N) is 2. The van der Waals surface area contributed by atoms with Crippen LogP contribution in [0.5, 0.6) is 0 Å². The monoisotopic (exact) mass is 303 g/mol. The number of amides is 1. The lowest BCUT2D eigenvalue weighted by Crippen LogP contribution is -2.41. The number of benzene rings is 1. The minimum atomic E-state index is 0.0801. The Hall–Kier alpha value is -1.59. The number of nitrogen functional groups attached to an aromatic ring is 1. The molecular formula is C16H21N3OS. The Morgan fingerprint density at radius 2 is 2.10 bits per heavy atom. The van der Waals surface area contributed by atoms with Gasteiger partial charge in [0.1, 0.15) is 4.88 Å². The van der Waals surface area contributed by atoms with Crippen LogP contribution in [0.25, 0.3) is 10.1 Å². The van der Waals surface area contributed by atoms with Crippen molar-refractivity contribution in [1.82, 2.24) is 9.80 Å². The minimum Gasteiger partial charge on any atom is -0.397 e. The first-order valence-electron chi connectivity index (χ1n) is 7.34. The number of carbonyl (C=O) groups excluding carboxylic acids is 1. The van der Waals surface area contributed by atoms with Crippen molar-refractivity contribution in [1.29, 1.82) is 0 Å². The van der Waals surface area contributed by atoms with Crippen molar-refractivity contribution >= 4 is 33.0 Å². The average molecular weight is 303 g/mol. The Kier molecular flexibility index (Phi) is 3.87. The van der Waals surface area contributed by atoms with Gasteiger partial charge in [-0.15, -0.1) is 11.3 Å². The lowest BCUT2D eigenvalue weighted by molar-refractivity contribution is 0.0702. The van der Waals surface area contributed by atoms with E-state index >= 15 is 0 Å². The van der Waals surface area contributed by atoms with Gasteiger partial charge in [-0.3, -0.25) is 4.79 Å². The molecular weight excluding hydrogens is 282 g/mol. The molecule has 0 saturated carbocycles. The summed E-state index contributed by atoms with van der Waals surface area (Å²) in [5.74, 6) is 0.0801. The van der Waals surface area contributed by atoms with Gasteiger partial charge in [-0.05, 0) is 33.0 Å². The van der Waals surface area contributed by atoms with Gasteiger partial charge in [0.05, 0.1) is 5.69 Å². The van der Waals surface area contributed by atoms with E-state index in [0.717, 1.165) is 36.1 Å². The second kappa shape index (κ2) is 5.66. The van der Waals surface area contributed by atoms with Crippen molar-refractivity contribution in [3.63, 3.8) is 0 Å². The zero-order chi connectivity index (χ0) is 15.0. The molecule has 0 bridgehead atoms. The van der Waals surface area contributed by atoms with Gasteiger partial charge in [-0.25, -0.2) is 0 Å².